The third-order valence-corrected chi connectivity index (χ3v) is 6.65. The molecule has 1 aromatic rings. The number of ether oxygens (including phenoxy) is 1. The van der Waals surface area contributed by atoms with Gasteiger partial charge in [0.25, 0.3) is 0 Å². The molecule has 3 aliphatic rings. The van der Waals surface area contributed by atoms with Crippen molar-refractivity contribution in [3.8, 4) is 0 Å². The molecule has 1 aromatic carbocycles. The second-order valence-corrected chi connectivity index (χ2v) is 8.86. The molecule has 2 saturated heterocycles. The van der Waals surface area contributed by atoms with Gasteiger partial charge in [-0.2, -0.15) is 0 Å². The molecule has 1 aliphatic carbocycles. The Kier molecular flexibility index (Phi) is 4.54. The lowest BCUT2D eigenvalue weighted by atomic mass is 9.61. The number of hydrogen-bond acceptors (Lipinski definition) is 3. The summed E-state index contributed by atoms with van der Waals surface area (Å²) in [4.78, 5) is 26.2. The van der Waals surface area contributed by atoms with E-state index < -0.39 is 0 Å². The van der Waals surface area contributed by atoms with Gasteiger partial charge in [-0.25, -0.2) is 0 Å². The summed E-state index contributed by atoms with van der Waals surface area (Å²) in [6.45, 7) is 6.67. The van der Waals surface area contributed by atoms with Crippen molar-refractivity contribution >= 4 is 11.9 Å². The van der Waals surface area contributed by atoms with Crippen LogP contribution >= 0.6 is 0 Å². The van der Waals surface area contributed by atoms with Gasteiger partial charge < -0.3 is 9.64 Å². The lowest BCUT2D eigenvalue weighted by Crippen LogP contribution is -2.49. The second-order valence-electron chi connectivity index (χ2n) is 8.86. The molecule has 2 aliphatic heterocycles. The highest BCUT2D eigenvalue weighted by Crippen LogP contribution is 2.52. The molecule has 0 aromatic heterocycles. The van der Waals surface area contributed by atoms with Gasteiger partial charge in [-0.1, -0.05) is 38.1 Å². The van der Waals surface area contributed by atoms with Crippen molar-refractivity contribution < 1.29 is 14.3 Å². The molecule has 0 unspecified atom stereocenters. The molecule has 2 heterocycles. The van der Waals surface area contributed by atoms with Gasteiger partial charge in [0.2, 0.25) is 5.91 Å². The molecule has 0 radical (unpaired) electrons. The minimum absolute atomic E-state index is 0.0199. The van der Waals surface area contributed by atoms with E-state index in [-0.39, 0.29) is 17.3 Å². The molecule has 0 bridgehead atoms. The zero-order chi connectivity index (χ0) is 18.3. The van der Waals surface area contributed by atoms with Crippen LogP contribution in [-0.4, -0.2) is 36.5 Å². The van der Waals surface area contributed by atoms with Crippen LogP contribution in [0.4, 0.5) is 0 Å². The highest BCUT2D eigenvalue weighted by atomic mass is 16.5. The van der Waals surface area contributed by atoms with Crippen molar-refractivity contribution in [3.05, 3.63) is 35.4 Å². The average molecular weight is 355 g/mol. The van der Waals surface area contributed by atoms with Crippen LogP contribution in [0.1, 0.15) is 68.9 Å². The van der Waals surface area contributed by atoms with E-state index in [1.165, 1.54) is 11.1 Å². The van der Waals surface area contributed by atoms with Crippen LogP contribution in [0.2, 0.25) is 0 Å². The monoisotopic (exact) mass is 355 g/mol. The highest BCUT2D eigenvalue weighted by Gasteiger charge is 2.53. The maximum atomic E-state index is 12.8. The largest absolute Gasteiger partial charge is 0.465 e. The number of hydrogen-bond donors (Lipinski definition) is 0. The SMILES string of the molecule is CC(C)c1ccc(C2CCN(C(=O)C3CC4(COC(=O)C4)C3)CC2)cc1. The molecular weight excluding hydrogens is 326 g/mol. The highest BCUT2D eigenvalue weighted by molar-refractivity contribution is 5.81. The van der Waals surface area contributed by atoms with Crippen molar-refractivity contribution in [2.75, 3.05) is 19.7 Å². The quantitative estimate of drug-likeness (QED) is 0.774. The van der Waals surface area contributed by atoms with Crippen LogP contribution in [0.3, 0.4) is 0 Å². The molecule has 26 heavy (non-hydrogen) atoms. The third-order valence-electron chi connectivity index (χ3n) is 6.65. The Hall–Kier alpha value is -1.84. The number of carbonyl (C=O) groups is 2. The molecule has 3 fully saturated rings. The van der Waals surface area contributed by atoms with Gasteiger partial charge in [0.05, 0.1) is 13.0 Å². The minimum atomic E-state index is -0.0970. The Morgan fingerprint density at radius 3 is 2.35 bits per heavy atom. The number of piperidine rings is 1. The summed E-state index contributed by atoms with van der Waals surface area (Å²) in [6.07, 6.45) is 4.26. The van der Waals surface area contributed by atoms with Crippen LogP contribution < -0.4 is 0 Å². The van der Waals surface area contributed by atoms with Gasteiger partial charge in [0.15, 0.2) is 0 Å². The lowest BCUT2D eigenvalue weighted by molar-refractivity contribution is -0.144. The molecule has 1 amide bonds. The first-order chi connectivity index (χ1) is 12.5. The standard InChI is InChI=1S/C22H29NO3/c1-15(2)16-3-5-17(6-4-16)18-7-9-23(10-8-18)21(25)19-11-22(12-19)13-20(24)26-14-22/h3-6,15,18-19H,7-14H2,1-2H3. The molecule has 4 heteroatoms. The third kappa shape index (κ3) is 3.26. The van der Waals surface area contributed by atoms with E-state index in [9.17, 15) is 9.59 Å². The molecule has 0 atom stereocenters. The maximum Gasteiger partial charge on any atom is 0.306 e. The van der Waals surface area contributed by atoms with E-state index >= 15 is 0 Å². The number of carbonyl (C=O) groups excluding carboxylic acids is 2. The summed E-state index contributed by atoms with van der Waals surface area (Å²) in [5.74, 6) is 1.43. The van der Waals surface area contributed by atoms with Crippen molar-refractivity contribution in [2.45, 2.75) is 57.8 Å². The Bertz CT molecular complexity index is 680. The molecular formula is C22H29NO3. The zero-order valence-electron chi connectivity index (χ0n) is 15.9. The Balaban J connectivity index is 1.28. The minimum Gasteiger partial charge on any atom is -0.465 e. The molecule has 0 N–H and O–H groups in total. The molecule has 1 spiro atoms. The smallest absolute Gasteiger partial charge is 0.306 e. The second kappa shape index (κ2) is 6.71. The van der Waals surface area contributed by atoms with Crippen LogP contribution in [0.5, 0.6) is 0 Å². The summed E-state index contributed by atoms with van der Waals surface area (Å²) < 4.78 is 5.11. The van der Waals surface area contributed by atoms with E-state index in [0.717, 1.165) is 38.8 Å². The predicted octanol–water partition coefficient (Wildman–Crippen LogP) is 3.86. The first-order valence-corrected chi connectivity index (χ1v) is 10.00. The maximum absolute atomic E-state index is 12.8. The number of rotatable bonds is 3. The van der Waals surface area contributed by atoms with Gasteiger partial charge in [-0.3, -0.25) is 9.59 Å². The molecule has 4 nitrogen and oxygen atoms in total. The van der Waals surface area contributed by atoms with Crippen molar-refractivity contribution in [2.24, 2.45) is 11.3 Å². The predicted molar refractivity (Wildman–Crippen MR) is 99.8 cm³/mol. The van der Waals surface area contributed by atoms with Crippen LogP contribution in [0.25, 0.3) is 0 Å². The topological polar surface area (TPSA) is 46.6 Å². The first kappa shape index (κ1) is 17.6. The lowest BCUT2D eigenvalue weighted by Gasteiger charge is -2.45. The van der Waals surface area contributed by atoms with E-state index in [0.29, 0.717) is 30.8 Å². The number of cyclic esters (lactones) is 1. The van der Waals surface area contributed by atoms with Crippen molar-refractivity contribution in [1.82, 2.24) is 4.90 Å². The van der Waals surface area contributed by atoms with E-state index in [4.69, 9.17) is 4.74 Å². The summed E-state index contributed by atoms with van der Waals surface area (Å²) in [5, 5.41) is 0. The Morgan fingerprint density at radius 1 is 1.15 bits per heavy atom. The van der Waals surface area contributed by atoms with Gasteiger partial charge >= 0.3 is 5.97 Å². The zero-order valence-corrected chi connectivity index (χ0v) is 15.9. The fourth-order valence-electron chi connectivity index (χ4n) is 4.91. The van der Waals surface area contributed by atoms with Gasteiger partial charge in [-0.05, 0) is 48.6 Å². The van der Waals surface area contributed by atoms with Gasteiger partial charge in [0.1, 0.15) is 0 Å². The normalized spacial score (nSPS) is 29.1. The molecule has 4 rings (SSSR count). The van der Waals surface area contributed by atoms with Gasteiger partial charge in [-0.15, -0.1) is 0 Å². The fraction of sp³-hybridized carbons (Fsp3) is 0.636. The van der Waals surface area contributed by atoms with Crippen LogP contribution in [0.15, 0.2) is 24.3 Å². The van der Waals surface area contributed by atoms with Crippen LogP contribution in [-0.2, 0) is 14.3 Å². The van der Waals surface area contributed by atoms with Gasteiger partial charge in [0, 0.05) is 24.4 Å². The average Bonchev–Trinajstić information content (AvgIpc) is 3.02. The summed E-state index contributed by atoms with van der Waals surface area (Å²) in [7, 11) is 0. The number of likely N-dealkylation sites (tertiary alicyclic amines) is 1. The number of esters is 1. The number of amides is 1. The summed E-state index contributed by atoms with van der Waals surface area (Å²) >= 11 is 0. The Morgan fingerprint density at radius 2 is 1.81 bits per heavy atom. The first-order valence-electron chi connectivity index (χ1n) is 10.00. The Labute approximate surface area is 155 Å². The van der Waals surface area contributed by atoms with Crippen molar-refractivity contribution in [1.29, 1.82) is 0 Å². The van der Waals surface area contributed by atoms with E-state index in [1.807, 2.05) is 4.90 Å². The summed E-state index contributed by atoms with van der Waals surface area (Å²) in [5.41, 5.74) is 2.77. The molecule has 140 valence electrons. The number of nitrogens with zero attached hydrogens (tertiary/aromatic N) is 1. The molecule has 1 saturated carbocycles. The number of benzene rings is 1. The summed E-state index contributed by atoms with van der Waals surface area (Å²) in [6, 6.07) is 9.03. The van der Waals surface area contributed by atoms with E-state index in [1.54, 1.807) is 0 Å². The van der Waals surface area contributed by atoms with Crippen molar-refractivity contribution in [3.63, 3.8) is 0 Å². The van der Waals surface area contributed by atoms with Crippen LogP contribution in [0, 0.1) is 11.3 Å². The fourth-order valence-corrected chi connectivity index (χ4v) is 4.91. The van der Waals surface area contributed by atoms with E-state index in [2.05, 4.69) is 38.1 Å².